The van der Waals surface area contributed by atoms with Crippen LogP contribution in [0.1, 0.15) is 89.9 Å². The highest BCUT2D eigenvalue weighted by Gasteiger charge is 2.48. The first kappa shape index (κ1) is 27.6. The predicted octanol–water partition coefficient (Wildman–Crippen LogP) is 3.06. The van der Waals surface area contributed by atoms with Gasteiger partial charge < -0.3 is 21.5 Å². The summed E-state index contributed by atoms with van der Waals surface area (Å²) >= 11 is 6.27. The quantitative estimate of drug-likeness (QED) is 0.193. The predicted molar refractivity (Wildman–Crippen MR) is 148 cm³/mol. The maximum Gasteiger partial charge on any atom is 0.237 e. The minimum absolute atomic E-state index is 0.0731. The van der Waals surface area contributed by atoms with Crippen LogP contribution in [-0.4, -0.2) is 71.6 Å². The number of nitrogens with two attached hydrogens (primary N) is 2. The van der Waals surface area contributed by atoms with Gasteiger partial charge in [-0.2, -0.15) is 0 Å². The molecule has 0 radical (unpaired) electrons. The van der Waals surface area contributed by atoms with E-state index < -0.39 is 0 Å². The Hall–Kier alpha value is -0.930. The normalized spacial score (nSPS) is 43.2. The molecule has 1 amide bonds. The zero-order valence-corrected chi connectivity index (χ0v) is 23.1. The van der Waals surface area contributed by atoms with E-state index in [4.69, 9.17) is 33.2 Å². The highest BCUT2D eigenvalue weighted by molar-refractivity contribution is 6.20. The summed E-state index contributed by atoms with van der Waals surface area (Å²) in [4.78, 5) is 16.1. The molecule has 5 rings (SSSR count). The molecule has 210 valence electrons. The number of nitrogens with one attached hydrogen (secondary N) is 3. The van der Waals surface area contributed by atoms with Crippen molar-refractivity contribution in [2.24, 2.45) is 29.2 Å². The second-order valence-corrected chi connectivity index (χ2v) is 13.3. The van der Waals surface area contributed by atoms with E-state index in [2.05, 4.69) is 15.5 Å². The fourth-order valence-corrected chi connectivity index (χ4v) is 8.01. The number of rotatable bonds is 7. The minimum atomic E-state index is -0.0731. The third-order valence-electron chi connectivity index (χ3n) is 10.1. The number of ether oxygens (including phenoxy) is 1. The number of alkyl halides is 1. The van der Waals surface area contributed by atoms with Crippen LogP contribution < -0.4 is 22.1 Å². The molecule has 0 bridgehead atoms. The number of piperidine rings is 1. The molecule has 0 aromatic rings. The summed E-state index contributed by atoms with van der Waals surface area (Å²) in [5.74, 6) is 1.69. The highest BCUT2D eigenvalue weighted by Crippen LogP contribution is 2.43. The van der Waals surface area contributed by atoms with Crippen LogP contribution in [0.2, 0.25) is 0 Å². The van der Waals surface area contributed by atoms with Gasteiger partial charge in [0.1, 0.15) is 6.23 Å². The van der Waals surface area contributed by atoms with Crippen molar-refractivity contribution in [1.82, 2.24) is 15.5 Å². The lowest BCUT2D eigenvalue weighted by atomic mass is 9.78. The molecule has 2 saturated heterocycles. The molecule has 6 atom stereocenters. The fourth-order valence-electron chi connectivity index (χ4n) is 7.76. The number of hydrogen-bond donors (Lipinski definition) is 5. The van der Waals surface area contributed by atoms with Crippen molar-refractivity contribution in [2.45, 2.75) is 132 Å². The molecule has 0 aromatic heterocycles. The van der Waals surface area contributed by atoms with Crippen molar-refractivity contribution in [3.05, 3.63) is 0 Å². The lowest BCUT2D eigenvalue weighted by Crippen LogP contribution is -2.53. The number of likely N-dealkylation sites (tertiary alicyclic amines) is 1. The van der Waals surface area contributed by atoms with Gasteiger partial charge in [0.05, 0.1) is 18.0 Å². The standard InChI is InChI=1S/C28H49ClN6O2/c29-20-4-10-23(11-5-20)37-26-12-1-17(15-33-26)16-35-24-14-19(27(31)32)3-2-18(24)13-25(35)28(36)34-22-8-6-21(30)7-9-22/h17-26,33H,1-16,30H2,(H3,31,32)(H,34,36). The van der Waals surface area contributed by atoms with Crippen molar-refractivity contribution in [2.75, 3.05) is 13.1 Å². The molecule has 0 aromatic carbocycles. The van der Waals surface area contributed by atoms with E-state index in [1.165, 1.54) is 0 Å². The Morgan fingerprint density at radius 3 is 2.43 bits per heavy atom. The van der Waals surface area contributed by atoms with Crippen molar-refractivity contribution in [3.8, 4) is 0 Å². The zero-order valence-electron chi connectivity index (χ0n) is 22.4. The molecule has 2 heterocycles. The second kappa shape index (κ2) is 12.5. The average molecular weight is 537 g/mol. The Labute approximate surface area is 227 Å². The van der Waals surface area contributed by atoms with Gasteiger partial charge in [0.15, 0.2) is 0 Å². The Kier molecular flexibility index (Phi) is 9.33. The first-order valence-corrected chi connectivity index (χ1v) is 15.5. The maximum atomic E-state index is 13.6. The van der Waals surface area contributed by atoms with Crippen LogP contribution in [0, 0.1) is 23.2 Å². The van der Waals surface area contributed by atoms with Gasteiger partial charge in [-0.3, -0.25) is 20.4 Å². The van der Waals surface area contributed by atoms with Gasteiger partial charge in [-0.1, -0.05) is 0 Å². The molecule has 37 heavy (non-hydrogen) atoms. The van der Waals surface area contributed by atoms with Crippen LogP contribution in [0.15, 0.2) is 0 Å². The van der Waals surface area contributed by atoms with Crippen molar-refractivity contribution < 1.29 is 9.53 Å². The van der Waals surface area contributed by atoms with Crippen LogP contribution in [-0.2, 0) is 9.53 Å². The molecule has 0 spiro atoms. The van der Waals surface area contributed by atoms with Gasteiger partial charge in [-0.25, -0.2) is 0 Å². The Balaban J connectivity index is 1.18. The monoisotopic (exact) mass is 536 g/mol. The zero-order chi connectivity index (χ0) is 25.9. The third-order valence-corrected chi connectivity index (χ3v) is 10.5. The topological polar surface area (TPSA) is 129 Å². The first-order chi connectivity index (χ1) is 17.9. The van der Waals surface area contributed by atoms with Crippen LogP contribution in [0.5, 0.6) is 0 Å². The minimum Gasteiger partial charge on any atom is -0.387 e. The van der Waals surface area contributed by atoms with Gasteiger partial charge in [0, 0.05) is 42.5 Å². The smallest absolute Gasteiger partial charge is 0.237 e. The SMILES string of the molecule is N=C(N)C1CCC2CC(C(=O)NC3CCC(N)CC3)N(CC3CCC(OC4CCC(Cl)CC4)NC3)C2C1. The van der Waals surface area contributed by atoms with Gasteiger partial charge in [0.2, 0.25) is 5.91 Å². The van der Waals surface area contributed by atoms with Gasteiger partial charge in [-0.05, 0) is 102 Å². The Morgan fingerprint density at radius 2 is 1.76 bits per heavy atom. The third kappa shape index (κ3) is 6.99. The number of carbonyl (C=O) groups excluding carboxylic acids is 1. The van der Waals surface area contributed by atoms with E-state index in [0.717, 1.165) is 103 Å². The van der Waals surface area contributed by atoms with Crippen LogP contribution in [0.25, 0.3) is 0 Å². The number of fused-ring (bicyclic) bond motifs is 1. The molecular weight excluding hydrogens is 488 g/mol. The summed E-state index contributed by atoms with van der Waals surface area (Å²) in [7, 11) is 0. The number of carbonyl (C=O) groups is 1. The van der Waals surface area contributed by atoms with E-state index >= 15 is 0 Å². The summed E-state index contributed by atoms with van der Waals surface area (Å²) in [6.07, 6.45) is 14.7. The van der Waals surface area contributed by atoms with E-state index in [0.29, 0.717) is 35.2 Å². The molecule has 8 nitrogen and oxygen atoms in total. The van der Waals surface area contributed by atoms with E-state index in [1.807, 2.05) is 0 Å². The van der Waals surface area contributed by atoms with Gasteiger partial charge >= 0.3 is 0 Å². The lowest BCUT2D eigenvalue weighted by molar-refractivity contribution is -0.127. The van der Waals surface area contributed by atoms with Crippen molar-refractivity contribution in [1.29, 1.82) is 5.41 Å². The molecule has 2 aliphatic heterocycles. The van der Waals surface area contributed by atoms with Crippen molar-refractivity contribution >= 4 is 23.3 Å². The Bertz CT molecular complexity index is 777. The van der Waals surface area contributed by atoms with E-state index in [9.17, 15) is 4.79 Å². The average Bonchev–Trinajstić information content (AvgIpc) is 3.25. The molecule has 5 aliphatic rings. The largest absolute Gasteiger partial charge is 0.387 e. The molecule has 7 N–H and O–H groups in total. The summed E-state index contributed by atoms with van der Waals surface area (Å²) in [6.45, 7) is 1.85. The first-order valence-electron chi connectivity index (χ1n) is 15.0. The fraction of sp³-hybridized carbons (Fsp3) is 0.929. The van der Waals surface area contributed by atoms with Crippen LogP contribution in [0.3, 0.4) is 0 Å². The van der Waals surface area contributed by atoms with Gasteiger partial charge in [0.25, 0.3) is 0 Å². The molecule has 5 fully saturated rings. The molecular formula is C28H49ClN6O2. The van der Waals surface area contributed by atoms with E-state index in [-0.39, 0.29) is 36.2 Å². The van der Waals surface area contributed by atoms with E-state index in [1.54, 1.807) is 0 Å². The molecule has 3 saturated carbocycles. The number of nitrogens with zero attached hydrogens (tertiary/aromatic N) is 1. The summed E-state index contributed by atoms with van der Waals surface area (Å²) < 4.78 is 6.38. The number of halogens is 1. The lowest BCUT2D eigenvalue weighted by Gasteiger charge is -2.40. The second-order valence-electron chi connectivity index (χ2n) is 12.7. The summed E-state index contributed by atoms with van der Waals surface area (Å²) in [5.41, 5.74) is 12.0. The van der Waals surface area contributed by atoms with Crippen LogP contribution in [0.4, 0.5) is 0 Å². The number of hydrogen-bond acceptors (Lipinski definition) is 6. The molecule has 6 unspecified atom stereocenters. The number of amidine groups is 1. The number of amides is 1. The van der Waals surface area contributed by atoms with Crippen LogP contribution >= 0.6 is 11.6 Å². The molecule has 3 aliphatic carbocycles. The Morgan fingerprint density at radius 1 is 1.00 bits per heavy atom. The summed E-state index contributed by atoms with van der Waals surface area (Å²) in [5, 5.41) is 15.4. The molecule has 9 heteroatoms. The van der Waals surface area contributed by atoms with Crippen molar-refractivity contribution in [3.63, 3.8) is 0 Å². The summed E-state index contributed by atoms with van der Waals surface area (Å²) in [6, 6.07) is 0.809. The highest BCUT2D eigenvalue weighted by atomic mass is 35.5. The maximum absolute atomic E-state index is 13.6. The van der Waals surface area contributed by atoms with Gasteiger partial charge in [-0.15, -0.1) is 11.6 Å².